The van der Waals surface area contributed by atoms with Gasteiger partial charge in [0.2, 0.25) is 5.91 Å². The van der Waals surface area contributed by atoms with Crippen molar-refractivity contribution >= 4 is 11.9 Å². The van der Waals surface area contributed by atoms with Crippen LogP contribution in [-0.4, -0.2) is 35.0 Å². The average molecular weight is 315 g/mol. The maximum Gasteiger partial charge on any atom is 0.311 e. The van der Waals surface area contributed by atoms with Gasteiger partial charge in [-0.2, -0.15) is 0 Å². The Morgan fingerprint density at radius 2 is 1.78 bits per heavy atom. The highest BCUT2D eigenvalue weighted by Crippen LogP contribution is 2.47. The van der Waals surface area contributed by atoms with Crippen LogP contribution in [0.2, 0.25) is 0 Å². The van der Waals surface area contributed by atoms with Crippen molar-refractivity contribution in [3.8, 4) is 0 Å². The molecule has 1 aliphatic heterocycles. The van der Waals surface area contributed by atoms with Crippen molar-refractivity contribution in [3.05, 3.63) is 35.9 Å². The molecule has 1 atom stereocenters. The number of nitrogens with zero attached hydrogens (tertiary/aromatic N) is 1. The summed E-state index contributed by atoms with van der Waals surface area (Å²) >= 11 is 0. The van der Waals surface area contributed by atoms with E-state index in [1.165, 1.54) is 0 Å². The third-order valence-electron chi connectivity index (χ3n) is 6.06. The number of carbonyl (C=O) groups excluding carboxylic acids is 1. The van der Waals surface area contributed by atoms with E-state index < -0.39 is 16.8 Å². The van der Waals surface area contributed by atoms with E-state index in [0.29, 0.717) is 19.5 Å². The Morgan fingerprint density at radius 1 is 1.13 bits per heavy atom. The van der Waals surface area contributed by atoms with Crippen LogP contribution >= 0.6 is 0 Å². The molecule has 4 nitrogen and oxygen atoms in total. The van der Waals surface area contributed by atoms with Gasteiger partial charge in [-0.15, -0.1) is 0 Å². The van der Waals surface area contributed by atoms with Crippen molar-refractivity contribution in [1.82, 2.24) is 4.90 Å². The van der Waals surface area contributed by atoms with Crippen LogP contribution in [0.4, 0.5) is 0 Å². The third kappa shape index (κ3) is 2.35. The Kier molecular flexibility index (Phi) is 3.95. The van der Waals surface area contributed by atoms with Crippen LogP contribution < -0.4 is 0 Å². The minimum Gasteiger partial charge on any atom is -0.481 e. The van der Waals surface area contributed by atoms with Gasteiger partial charge in [0.1, 0.15) is 0 Å². The largest absolute Gasteiger partial charge is 0.481 e. The van der Waals surface area contributed by atoms with Crippen molar-refractivity contribution in [1.29, 1.82) is 0 Å². The van der Waals surface area contributed by atoms with Gasteiger partial charge in [-0.05, 0) is 30.7 Å². The lowest BCUT2D eigenvalue weighted by Gasteiger charge is -2.43. The van der Waals surface area contributed by atoms with E-state index in [4.69, 9.17) is 0 Å². The minimum atomic E-state index is -0.794. The predicted octanol–water partition coefficient (Wildman–Crippen LogP) is 3.07. The maximum absolute atomic E-state index is 13.2. The molecule has 1 aromatic carbocycles. The standard InChI is InChI=1S/C19H25NO3/c1-14(2)19(17(22)23)11-12-20(13-19)16(21)18(9-6-10-18)15-7-4-3-5-8-15/h3-5,7-8,14H,6,9-13H2,1-2H3,(H,22,23). The molecule has 0 bridgehead atoms. The maximum atomic E-state index is 13.2. The molecule has 1 saturated carbocycles. The Hall–Kier alpha value is -1.84. The highest BCUT2D eigenvalue weighted by Gasteiger charge is 2.53. The molecule has 124 valence electrons. The molecular weight excluding hydrogens is 290 g/mol. The zero-order valence-corrected chi connectivity index (χ0v) is 13.9. The average Bonchev–Trinajstić information content (AvgIpc) is 2.94. The molecule has 1 amide bonds. The van der Waals surface area contributed by atoms with E-state index in [2.05, 4.69) is 0 Å². The molecule has 4 heteroatoms. The number of benzene rings is 1. The van der Waals surface area contributed by atoms with Crippen molar-refractivity contribution in [2.45, 2.75) is 44.9 Å². The fraction of sp³-hybridized carbons (Fsp3) is 0.579. The molecule has 2 aliphatic rings. The number of hydrogen-bond donors (Lipinski definition) is 1. The summed E-state index contributed by atoms with van der Waals surface area (Å²) in [6, 6.07) is 9.97. The molecule has 3 rings (SSSR count). The number of carbonyl (C=O) groups is 2. The summed E-state index contributed by atoms with van der Waals surface area (Å²) in [4.78, 5) is 26.8. The van der Waals surface area contributed by atoms with Crippen molar-refractivity contribution in [2.24, 2.45) is 11.3 Å². The Morgan fingerprint density at radius 3 is 2.22 bits per heavy atom. The van der Waals surface area contributed by atoms with Crippen molar-refractivity contribution in [2.75, 3.05) is 13.1 Å². The summed E-state index contributed by atoms with van der Waals surface area (Å²) in [5.41, 5.74) is -0.141. The van der Waals surface area contributed by atoms with E-state index in [9.17, 15) is 14.7 Å². The van der Waals surface area contributed by atoms with E-state index in [0.717, 1.165) is 24.8 Å². The van der Waals surface area contributed by atoms with Gasteiger partial charge >= 0.3 is 5.97 Å². The Balaban J connectivity index is 1.85. The molecule has 1 unspecified atom stereocenters. The van der Waals surface area contributed by atoms with Gasteiger partial charge in [-0.25, -0.2) is 0 Å². The molecule has 0 spiro atoms. The van der Waals surface area contributed by atoms with Crippen LogP contribution in [0, 0.1) is 11.3 Å². The van der Waals surface area contributed by atoms with Crippen LogP contribution in [0.15, 0.2) is 30.3 Å². The highest BCUT2D eigenvalue weighted by atomic mass is 16.4. The first-order chi connectivity index (χ1) is 10.9. The molecule has 1 N–H and O–H groups in total. The Labute approximate surface area is 137 Å². The number of aliphatic carboxylic acids is 1. The molecule has 2 fully saturated rings. The molecule has 0 aromatic heterocycles. The van der Waals surface area contributed by atoms with Crippen LogP contribution in [-0.2, 0) is 15.0 Å². The quantitative estimate of drug-likeness (QED) is 0.929. The first kappa shape index (κ1) is 16.0. The van der Waals surface area contributed by atoms with E-state index in [1.807, 2.05) is 44.2 Å². The minimum absolute atomic E-state index is 0.0202. The molecule has 1 heterocycles. The zero-order chi connectivity index (χ0) is 16.7. The lowest BCUT2D eigenvalue weighted by molar-refractivity contribution is -0.152. The number of likely N-dealkylation sites (tertiary alicyclic amines) is 1. The summed E-state index contributed by atoms with van der Waals surface area (Å²) in [5.74, 6) is -0.629. The summed E-state index contributed by atoms with van der Waals surface area (Å²) in [6.45, 7) is 4.78. The fourth-order valence-electron chi connectivity index (χ4n) is 4.12. The van der Waals surface area contributed by atoms with Gasteiger partial charge in [-0.3, -0.25) is 9.59 Å². The van der Waals surface area contributed by atoms with Gasteiger partial charge in [-0.1, -0.05) is 50.6 Å². The number of hydrogen-bond acceptors (Lipinski definition) is 2. The lowest BCUT2D eigenvalue weighted by atomic mass is 9.63. The third-order valence-corrected chi connectivity index (χ3v) is 6.06. The summed E-state index contributed by atoms with van der Waals surface area (Å²) in [6.07, 6.45) is 3.35. The van der Waals surface area contributed by atoms with Gasteiger partial charge < -0.3 is 10.0 Å². The predicted molar refractivity (Wildman–Crippen MR) is 88.1 cm³/mol. The first-order valence-corrected chi connectivity index (χ1v) is 8.51. The van der Waals surface area contributed by atoms with Crippen molar-refractivity contribution in [3.63, 3.8) is 0 Å². The number of carboxylic acids is 1. The summed E-state index contributed by atoms with van der Waals surface area (Å²) in [5, 5.41) is 9.69. The van der Waals surface area contributed by atoms with Gasteiger partial charge in [0.25, 0.3) is 0 Å². The SMILES string of the molecule is CC(C)C1(C(=O)O)CCN(C(=O)C2(c3ccccc3)CCC2)C1. The van der Waals surface area contributed by atoms with E-state index in [1.54, 1.807) is 4.90 Å². The summed E-state index contributed by atoms with van der Waals surface area (Å²) in [7, 11) is 0. The Bertz CT molecular complexity index is 606. The fourth-order valence-corrected chi connectivity index (χ4v) is 4.12. The molecule has 1 saturated heterocycles. The smallest absolute Gasteiger partial charge is 0.311 e. The normalized spacial score (nSPS) is 26.1. The molecule has 0 radical (unpaired) electrons. The van der Waals surface area contributed by atoms with Crippen LogP contribution in [0.1, 0.15) is 45.1 Å². The second-order valence-electron chi connectivity index (χ2n) is 7.39. The molecular formula is C19H25NO3. The van der Waals surface area contributed by atoms with Gasteiger partial charge in [0, 0.05) is 13.1 Å². The number of amides is 1. The lowest BCUT2D eigenvalue weighted by Crippen LogP contribution is -2.51. The summed E-state index contributed by atoms with van der Waals surface area (Å²) < 4.78 is 0. The van der Waals surface area contributed by atoms with Gasteiger partial charge in [0.05, 0.1) is 10.8 Å². The first-order valence-electron chi connectivity index (χ1n) is 8.51. The van der Waals surface area contributed by atoms with E-state index >= 15 is 0 Å². The van der Waals surface area contributed by atoms with Crippen molar-refractivity contribution < 1.29 is 14.7 Å². The van der Waals surface area contributed by atoms with E-state index in [-0.39, 0.29) is 11.8 Å². The monoisotopic (exact) mass is 315 g/mol. The molecule has 1 aliphatic carbocycles. The topological polar surface area (TPSA) is 57.6 Å². The van der Waals surface area contributed by atoms with Gasteiger partial charge in [0.15, 0.2) is 0 Å². The second-order valence-corrected chi connectivity index (χ2v) is 7.39. The number of rotatable bonds is 4. The highest BCUT2D eigenvalue weighted by molar-refractivity contribution is 5.90. The molecule has 1 aromatic rings. The van der Waals surface area contributed by atoms with Crippen LogP contribution in [0.25, 0.3) is 0 Å². The second kappa shape index (κ2) is 5.66. The van der Waals surface area contributed by atoms with Crippen LogP contribution in [0.3, 0.4) is 0 Å². The zero-order valence-electron chi connectivity index (χ0n) is 13.9. The number of carboxylic acid groups (broad SMARTS) is 1. The molecule has 23 heavy (non-hydrogen) atoms. The van der Waals surface area contributed by atoms with Crippen LogP contribution in [0.5, 0.6) is 0 Å².